The zero-order valence-electron chi connectivity index (χ0n) is 10.6. The van der Waals surface area contributed by atoms with Crippen LogP contribution in [0.1, 0.15) is 0 Å². The van der Waals surface area contributed by atoms with Gasteiger partial charge in [0, 0.05) is 12.7 Å². The van der Waals surface area contributed by atoms with Crippen LogP contribution in [0.3, 0.4) is 0 Å². The third-order valence-corrected chi connectivity index (χ3v) is 2.90. The lowest BCUT2D eigenvalue weighted by Gasteiger charge is -2.12. The van der Waals surface area contributed by atoms with Crippen LogP contribution in [0.2, 0.25) is 0 Å². The van der Waals surface area contributed by atoms with Crippen molar-refractivity contribution < 1.29 is 0 Å². The minimum Gasteiger partial charge on any atom is -0.308 e. The summed E-state index contributed by atoms with van der Waals surface area (Å²) in [5, 5.41) is 4.54. The molecule has 0 atom stereocenters. The van der Waals surface area contributed by atoms with E-state index in [1.54, 1.807) is 6.20 Å². The second-order valence-corrected chi connectivity index (χ2v) is 4.72. The van der Waals surface area contributed by atoms with Crippen LogP contribution in [0.15, 0.2) is 36.5 Å². The van der Waals surface area contributed by atoms with E-state index >= 15 is 0 Å². The van der Waals surface area contributed by atoms with Gasteiger partial charge >= 0.3 is 0 Å². The maximum Gasteiger partial charge on any atom is 0.122 e. The van der Waals surface area contributed by atoms with Gasteiger partial charge in [-0.15, -0.1) is 0 Å². The van der Waals surface area contributed by atoms with Crippen LogP contribution in [0.4, 0.5) is 0 Å². The molecule has 5 heteroatoms. The molecule has 0 amide bonds. The standard InChI is InChI=1S/C13H16N4S/c1-16(2)9-10-17-13(18)7-6-12(15-17)11-5-3-4-8-14-11/h3-8H,9-10H2,1-2H3. The second-order valence-electron chi connectivity index (χ2n) is 4.30. The number of likely N-dealkylation sites (N-methyl/N-ethyl adjacent to an activating group) is 1. The van der Waals surface area contributed by atoms with Crippen LogP contribution in [0, 0.1) is 4.64 Å². The third-order valence-electron chi connectivity index (χ3n) is 2.55. The first-order valence-electron chi connectivity index (χ1n) is 5.81. The van der Waals surface area contributed by atoms with Crippen molar-refractivity contribution in [1.29, 1.82) is 0 Å². The van der Waals surface area contributed by atoms with Gasteiger partial charge in [0.15, 0.2) is 0 Å². The fraction of sp³-hybridized carbons (Fsp3) is 0.308. The zero-order chi connectivity index (χ0) is 13.0. The maximum absolute atomic E-state index is 5.28. The van der Waals surface area contributed by atoms with Gasteiger partial charge in [-0.05, 0) is 38.4 Å². The van der Waals surface area contributed by atoms with E-state index in [1.807, 2.05) is 49.1 Å². The minimum atomic E-state index is 0.747. The first kappa shape index (κ1) is 12.9. The molecule has 2 aromatic heterocycles. The Labute approximate surface area is 112 Å². The second kappa shape index (κ2) is 5.84. The number of hydrogen-bond acceptors (Lipinski definition) is 4. The smallest absolute Gasteiger partial charge is 0.122 e. The average molecular weight is 260 g/mol. The van der Waals surface area contributed by atoms with Crippen molar-refractivity contribution in [3.8, 4) is 11.4 Å². The van der Waals surface area contributed by atoms with Crippen LogP contribution in [-0.4, -0.2) is 40.3 Å². The summed E-state index contributed by atoms with van der Waals surface area (Å²) in [5.74, 6) is 0. The molecule has 0 saturated heterocycles. The number of aromatic nitrogens is 3. The van der Waals surface area contributed by atoms with Crippen molar-refractivity contribution in [1.82, 2.24) is 19.7 Å². The van der Waals surface area contributed by atoms with Gasteiger partial charge in [-0.25, -0.2) is 0 Å². The van der Waals surface area contributed by atoms with E-state index in [4.69, 9.17) is 12.2 Å². The predicted octanol–water partition coefficient (Wildman–Crippen LogP) is 2.24. The van der Waals surface area contributed by atoms with Gasteiger partial charge in [-0.3, -0.25) is 9.67 Å². The summed E-state index contributed by atoms with van der Waals surface area (Å²) in [5.41, 5.74) is 1.72. The predicted molar refractivity (Wildman–Crippen MR) is 74.8 cm³/mol. The van der Waals surface area contributed by atoms with Gasteiger partial charge in [-0.1, -0.05) is 18.3 Å². The van der Waals surface area contributed by atoms with Gasteiger partial charge in [0.2, 0.25) is 0 Å². The molecule has 0 radical (unpaired) electrons. The summed E-state index contributed by atoms with van der Waals surface area (Å²) >= 11 is 5.28. The Morgan fingerprint density at radius 3 is 2.67 bits per heavy atom. The van der Waals surface area contributed by atoms with Gasteiger partial charge in [0.05, 0.1) is 12.2 Å². The van der Waals surface area contributed by atoms with Crippen LogP contribution in [0.25, 0.3) is 11.4 Å². The molecule has 2 heterocycles. The molecule has 0 N–H and O–H groups in total. The molecule has 0 bridgehead atoms. The van der Waals surface area contributed by atoms with E-state index in [9.17, 15) is 0 Å². The molecule has 0 spiro atoms. The molecule has 94 valence electrons. The monoisotopic (exact) mass is 260 g/mol. The minimum absolute atomic E-state index is 0.747. The third kappa shape index (κ3) is 3.21. The summed E-state index contributed by atoms with van der Waals surface area (Å²) in [6.07, 6.45) is 1.77. The number of nitrogens with zero attached hydrogens (tertiary/aromatic N) is 4. The molecule has 0 aliphatic carbocycles. The Balaban J connectivity index is 2.29. The fourth-order valence-corrected chi connectivity index (χ4v) is 1.75. The summed E-state index contributed by atoms with van der Waals surface area (Å²) in [6, 6.07) is 9.61. The average Bonchev–Trinajstić information content (AvgIpc) is 2.38. The van der Waals surface area contributed by atoms with Crippen LogP contribution in [0.5, 0.6) is 0 Å². The van der Waals surface area contributed by atoms with Gasteiger partial charge in [0.1, 0.15) is 10.3 Å². The molecular weight excluding hydrogens is 244 g/mol. The highest BCUT2D eigenvalue weighted by Gasteiger charge is 2.02. The van der Waals surface area contributed by atoms with E-state index in [0.29, 0.717) is 0 Å². The van der Waals surface area contributed by atoms with Gasteiger partial charge < -0.3 is 4.90 Å². The van der Waals surface area contributed by atoms with Crippen LogP contribution >= 0.6 is 12.2 Å². The summed E-state index contributed by atoms with van der Waals surface area (Å²) in [6.45, 7) is 1.69. The molecule has 0 unspecified atom stereocenters. The van der Waals surface area contributed by atoms with E-state index in [0.717, 1.165) is 29.1 Å². The molecule has 18 heavy (non-hydrogen) atoms. The number of pyridine rings is 1. The highest BCUT2D eigenvalue weighted by molar-refractivity contribution is 7.71. The molecule has 0 aliphatic heterocycles. The highest BCUT2D eigenvalue weighted by Crippen LogP contribution is 2.12. The molecule has 2 rings (SSSR count). The van der Waals surface area contributed by atoms with Crippen molar-refractivity contribution in [2.24, 2.45) is 0 Å². The molecule has 4 nitrogen and oxygen atoms in total. The normalized spacial score (nSPS) is 10.8. The van der Waals surface area contributed by atoms with Crippen molar-refractivity contribution in [2.75, 3.05) is 20.6 Å². The first-order chi connectivity index (χ1) is 8.66. The first-order valence-corrected chi connectivity index (χ1v) is 6.22. The van der Waals surface area contributed by atoms with E-state index in [-0.39, 0.29) is 0 Å². The van der Waals surface area contributed by atoms with Gasteiger partial charge in [0.25, 0.3) is 0 Å². The Bertz CT molecular complexity index is 563. The summed E-state index contributed by atoms with van der Waals surface area (Å²) in [4.78, 5) is 6.40. The fourth-order valence-electron chi connectivity index (χ4n) is 1.55. The molecule has 0 saturated carbocycles. The lowest BCUT2D eigenvalue weighted by atomic mass is 10.2. The quantitative estimate of drug-likeness (QED) is 0.790. The lowest BCUT2D eigenvalue weighted by molar-refractivity contribution is 0.370. The van der Waals surface area contributed by atoms with Crippen LogP contribution < -0.4 is 0 Å². The van der Waals surface area contributed by atoms with Crippen molar-refractivity contribution >= 4 is 12.2 Å². The van der Waals surface area contributed by atoms with E-state index in [1.165, 1.54) is 0 Å². The molecular formula is C13H16N4S. The Kier molecular flexibility index (Phi) is 4.17. The van der Waals surface area contributed by atoms with Crippen molar-refractivity contribution in [2.45, 2.75) is 6.54 Å². The summed E-state index contributed by atoms with van der Waals surface area (Å²) in [7, 11) is 4.07. The highest BCUT2D eigenvalue weighted by atomic mass is 32.1. The molecule has 0 fully saturated rings. The molecule has 0 aliphatic rings. The topological polar surface area (TPSA) is 34.0 Å². The Morgan fingerprint density at radius 1 is 1.17 bits per heavy atom. The van der Waals surface area contributed by atoms with Crippen LogP contribution in [-0.2, 0) is 6.54 Å². The van der Waals surface area contributed by atoms with Crippen molar-refractivity contribution in [3.63, 3.8) is 0 Å². The summed E-state index contributed by atoms with van der Waals surface area (Å²) < 4.78 is 2.59. The van der Waals surface area contributed by atoms with Crippen molar-refractivity contribution in [3.05, 3.63) is 41.2 Å². The Morgan fingerprint density at radius 2 is 2.00 bits per heavy atom. The zero-order valence-corrected chi connectivity index (χ0v) is 11.4. The number of rotatable bonds is 4. The molecule has 0 aromatic carbocycles. The largest absolute Gasteiger partial charge is 0.308 e. The Hall–Kier alpha value is -1.59. The lowest BCUT2D eigenvalue weighted by Crippen LogP contribution is -2.20. The van der Waals surface area contributed by atoms with E-state index < -0.39 is 0 Å². The molecule has 2 aromatic rings. The van der Waals surface area contributed by atoms with Gasteiger partial charge in [-0.2, -0.15) is 5.10 Å². The van der Waals surface area contributed by atoms with E-state index in [2.05, 4.69) is 15.0 Å². The maximum atomic E-state index is 5.28. The SMILES string of the molecule is CN(C)CCn1nc(-c2ccccn2)ccc1=S. The number of hydrogen-bond donors (Lipinski definition) is 0.